The third kappa shape index (κ3) is 5.21. The van der Waals surface area contributed by atoms with E-state index >= 15 is 0 Å². The van der Waals surface area contributed by atoms with Crippen LogP contribution >= 0.6 is 0 Å². The Balaban J connectivity index is 2.56. The Morgan fingerprint density at radius 2 is 1.84 bits per heavy atom. The summed E-state index contributed by atoms with van der Waals surface area (Å²) in [5, 5.41) is 15.2. The van der Waals surface area contributed by atoms with E-state index in [1.807, 2.05) is 27.7 Å². The summed E-state index contributed by atoms with van der Waals surface area (Å²) in [5.41, 5.74) is 0.862. The Bertz CT molecular complexity index is 404. The molecule has 19 heavy (non-hydrogen) atoms. The topological polar surface area (TPSA) is 87.1 Å². The molecule has 0 fully saturated rings. The maximum atomic E-state index is 11.0. The molecule has 3 N–H and O–H groups in total. The zero-order valence-electron chi connectivity index (χ0n) is 11.8. The van der Waals surface area contributed by atoms with Crippen molar-refractivity contribution >= 4 is 11.9 Å². The van der Waals surface area contributed by atoms with Gasteiger partial charge < -0.3 is 10.4 Å². The number of hydrogen-bond acceptors (Lipinski definition) is 5. The predicted molar refractivity (Wildman–Crippen MR) is 73.9 cm³/mol. The van der Waals surface area contributed by atoms with Crippen molar-refractivity contribution in [2.24, 2.45) is 5.92 Å². The first-order valence-electron chi connectivity index (χ1n) is 6.43. The van der Waals surface area contributed by atoms with Crippen molar-refractivity contribution in [1.29, 1.82) is 0 Å². The molecule has 0 spiro atoms. The molecule has 1 atom stereocenters. The fraction of sp³-hybridized carbons (Fsp3) is 0.615. The zero-order valence-corrected chi connectivity index (χ0v) is 11.8. The number of anilines is 1. The molecule has 0 saturated carbocycles. The first-order valence-corrected chi connectivity index (χ1v) is 6.43. The average Bonchev–Trinajstić information content (AvgIpc) is 2.29. The molecule has 0 amide bonds. The van der Waals surface area contributed by atoms with E-state index in [0.717, 1.165) is 5.56 Å². The number of carboxylic acids is 1. The molecule has 0 aliphatic rings. The van der Waals surface area contributed by atoms with Gasteiger partial charge in [-0.1, -0.05) is 13.8 Å². The highest BCUT2D eigenvalue weighted by Gasteiger charge is 2.20. The van der Waals surface area contributed by atoms with Gasteiger partial charge in [0.2, 0.25) is 5.95 Å². The molecular weight excluding hydrogens is 244 g/mol. The van der Waals surface area contributed by atoms with Crippen LogP contribution in [0.25, 0.3) is 0 Å². The fourth-order valence-electron chi connectivity index (χ4n) is 1.61. The van der Waals surface area contributed by atoms with Crippen molar-refractivity contribution in [1.82, 2.24) is 15.3 Å². The van der Waals surface area contributed by atoms with Crippen molar-refractivity contribution in [3.8, 4) is 0 Å². The van der Waals surface area contributed by atoms with Gasteiger partial charge in [-0.05, 0) is 19.8 Å². The van der Waals surface area contributed by atoms with Gasteiger partial charge in [0.1, 0.15) is 6.04 Å². The molecular formula is C13H22N4O2. The first-order chi connectivity index (χ1) is 8.90. The van der Waals surface area contributed by atoms with Crippen LogP contribution in [0.2, 0.25) is 0 Å². The molecule has 0 saturated heterocycles. The van der Waals surface area contributed by atoms with E-state index in [1.165, 1.54) is 0 Å². The van der Waals surface area contributed by atoms with Gasteiger partial charge in [-0.15, -0.1) is 0 Å². The third-order valence-corrected chi connectivity index (χ3v) is 2.58. The summed E-state index contributed by atoms with van der Waals surface area (Å²) >= 11 is 0. The SMILES string of the molecule is CC(C)Nc1ncc(CNC(C(=O)O)C(C)C)cn1. The van der Waals surface area contributed by atoms with E-state index in [0.29, 0.717) is 12.5 Å². The van der Waals surface area contributed by atoms with Gasteiger partial charge in [0.15, 0.2) is 0 Å². The molecule has 0 aliphatic carbocycles. The van der Waals surface area contributed by atoms with Crippen LogP contribution < -0.4 is 10.6 Å². The lowest BCUT2D eigenvalue weighted by molar-refractivity contribution is -0.140. The van der Waals surface area contributed by atoms with Crippen LogP contribution in [0.3, 0.4) is 0 Å². The highest BCUT2D eigenvalue weighted by Crippen LogP contribution is 2.05. The summed E-state index contributed by atoms with van der Waals surface area (Å²) in [6.45, 7) is 8.21. The molecule has 0 aromatic carbocycles. The normalized spacial score (nSPS) is 12.7. The predicted octanol–water partition coefficient (Wildman–Crippen LogP) is 1.50. The quantitative estimate of drug-likeness (QED) is 0.693. The van der Waals surface area contributed by atoms with Crippen LogP contribution in [0.4, 0.5) is 5.95 Å². The van der Waals surface area contributed by atoms with Gasteiger partial charge in [0.25, 0.3) is 0 Å². The van der Waals surface area contributed by atoms with E-state index in [2.05, 4.69) is 20.6 Å². The summed E-state index contributed by atoms with van der Waals surface area (Å²) in [4.78, 5) is 19.4. The van der Waals surface area contributed by atoms with Crippen molar-refractivity contribution < 1.29 is 9.90 Å². The van der Waals surface area contributed by atoms with Crippen LogP contribution in [0.1, 0.15) is 33.3 Å². The van der Waals surface area contributed by atoms with Gasteiger partial charge in [-0.3, -0.25) is 10.1 Å². The molecule has 1 rings (SSSR count). The van der Waals surface area contributed by atoms with E-state index in [-0.39, 0.29) is 12.0 Å². The van der Waals surface area contributed by atoms with Gasteiger partial charge in [0.05, 0.1) is 0 Å². The second-order valence-electron chi connectivity index (χ2n) is 5.15. The molecule has 106 valence electrons. The number of rotatable bonds is 7. The lowest BCUT2D eigenvalue weighted by atomic mass is 10.0. The summed E-state index contributed by atoms with van der Waals surface area (Å²) in [5.74, 6) is -0.230. The minimum absolute atomic E-state index is 0.0281. The zero-order chi connectivity index (χ0) is 14.4. The van der Waals surface area contributed by atoms with Crippen molar-refractivity contribution in [2.75, 3.05) is 5.32 Å². The summed E-state index contributed by atoms with van der Waals surface area (Å²) < 4.78 is 0. The van der Waals surface area contributed by atoms with Crippen LogP contribution in [0.5, 0.6) is 0 Å². The van der Waals surface area contributed by atoms with Crippen molar-refractivity contribution in [3.63, 3.8) is 0 Å². The maximum Gasteiger partial charge on any atom is 0.320 e. The fourth-order valence-corrected chi connectivity index (χ4v) is 1.61. The standard InChI is InChI=1S/C13H22N4O2/c1-8(2)11(12(18)19)14-5-10-6-15-13(16-7-10)17-9(3)4/h6-9,11,14H,5H2,1-4H3,(H,18,19)(H,15,16,17). The van der Waals surface area contributed by atoms with Crippen molar-refractivity contribution in [3.05, 3.63) is 18.0 Å². The van der Waals surface area contributed by atoms with E-state index in [4.69, 9.17) is 5.11 Å². The highest BCUT2D eigenvalue weighted by atomic mass is 16.4. The number of carbonyl (C=O) groups is 1. The summed E-state index contributed by atoms with van der Waals surface area (Å²) in [6, 6.07) is -0.283. The summed E-state index contributed by atoms with van der Waals surface area (Å²) in [7, 11) is 0. The highest BCUT2D eigenvalue weighted by molar-refractivity contribution is 5.73. The molecule has 1 aromatic rings. The van der Waals surface area contributed by atoms with Gasteiger partial charge >= 0.3 is 5.97 Å². The molecule has 0 radical (unpaired) electrons. The Morgan fingerprint density at radius 3 is 2.26 bits per heavy atom. The molecule has 0 bridgehead atoms. The molecule has 1 aromatic heterocycles. The Morgan fingerprint density at radius 1 is 1.26 bits per heavy atom. The maximum absolute atomic E-state index is 11.0. The van der Waals surface area contributed by atoms with Gasteiger partial charge in [-0.25, -0.2) is 9.97 Å². The monoisotopic (exact) mass is 266 g/mol. The number of carboxylic acid groups (broad SMARTS) is 1. The van der Waals surface area contributed by atoms with E-state index in [9.17, 15) is 4.79 Å². The molecule has 0 aliphatic heterocycles. The number of aromatic nitrogens is 2. The Kier molecular flexibility index (Phi) is 5.69. The smallest absolute Gasteiger partial charge is 0.320 e. The minimum Gasteiger partial charge on any atom is -0.480 e. The summed E-state index contributed by atoms with van der Waals surface area (Å²) in [6.07, 6.45) is 3.40. The van der Waals surface area contributed by atoms with E-state index < -0.39 is 12.0 Å². The van der Waals surface area contributed by atoms with Gasteiger partial charge in [0, 0.05) is 30.5 Å². The van der Waals surface area contributed by atoms with Crippen LogP contribution in [0, 0.1) is 5.92 Å². The lowest BCUT2D eigenvalue weighted by Gasteiger charge is -2.17. The number of hydrogen-bond donors (Lipinski definition) is 3. The number of nitrogens with one attached hydrogen (secondary N) is 2. The molecule has 1 unspecified atom stereocenters. The second kappa shape index (κ2) is 7.04. The molecule has 1 heterocycles. The Labute approximate surface area is 113 Å². The molecule has 6 heteroatoms. The van der Waals surface area contributed by atoms with E-state index in [1.54, 1.807) is 12.4 Å². The van der Waals surface area contributed by atoms with Crippen LogP contribution in [-0.4, -0.2) is 33.1 Å². The van der Waals surface area contributed by atoms with Gasteiger partial charge in [-0.2, -0.15) is 0 Å². The first kappa shape index (κ1) is 15.4. The third-order valence-electron chi connectivity index (χ3n) is 2.58. The minimum atomic E-state index is -0.839. The van der Waals surface area contributed by atoms with Crippen LogP contribution in [-0.2, 0) is 11.3 Å². The largest absolute Gasteiger partial charge is 0.480 e. The molecule has 6 nitrogen and oxygen atoms in total. The lowest BCUT2D eigenvalue weighted by Crippen LogP contribution is -2.40. The second-order valence-corrected chi connectivity index (χ2v) is 5.15. The number of aliphatic carboxylic acids is 1. The Hall–Kier alpha value is -1.69. The van der Waals surface area contributed by atoms with Crippen LogP contribution in [0.15, 0.2) is 12.4 Å². The van der Waals surface area contributed by atoms with Crippen molar-refractivity contribution in [2.45, 2.75) is 46.3 Å². The average molecular weight is 266 g/mol. The number of nitrogens with zero attached hydrogens (tertiary/aromatic N) is 2.